The van der Waals surface area contributed by atoms with Crippen molar-refractivity contribution >= 4 is 5.52 Å². The van der Waals surface area contributed by atoms with Crippen molar-refractivity contribution in [1.82, 2.24) is 19.6 Å². The number of para-hydroxylation sites is 1. The van der Waals surface area contributed by atoms with E-state index in [1.54, 1.807) is 6.92 Å². The smallest absolute Gasteiger partial charge is 0.277 e. The monoisotopic (exact) mass is 270 g/mol. The van der Waals surface area contributed by atoms with Gasteiger partial charge in [0.15, 0.2) is 11.3 Å². The number of ether oxygens (including phenoxy) is 1. The largest absolute Gasteiger partial charge is 0.493 e. The molecule has 1 N–H and O–H groups in total. The Kier molecular flexibility index (Phi) is 2.98. The molecule has 0 radical (unpaired) electrons. The summed E-state index contributed by atoms with van der Waals surface area (Å²) in [6, 6.07) is 7.47. The third-order valence-corrected chi connectivity index (χ3v) is 3.03. The van der Waals surface area contributed by atoms with Gasteiger partial charge in [-0.05, 0) is 26.0 Å². The van der Waals surface area contributed by atoms with Crippen LogP contribution in [0.4, 0.5) is 0 Å². The van der Waals surface area contributed by atoms with Gasteiger partial charge in [0, 0.05) is 0 Å². The van der Waals surface area contributed by atoms with Gasteiger partial charge in [-0.3, -0.25) is 4.79 Å². The Balaban J connectivity index is 2.23. The Morgan fingerprint density at radius 3 is 2.95 bits per heavy atom. The SMILES string of the molecule is CCOc1ccccc1-c1nn2cnc(C)c2c(=O)[nH]1. The lowest BCUT2D eigenvalue weighted by Crippen LogP contribution is -2.14. The maximum absolute atomic E-state index is 12.1. The van der Waals surface area contributed by atoms with Crippen molar-refractivity contribution < 1.29 is 4.74 Å². The number of nitrogens with one attached hydrogen (secondary N) is 1. The number of aromatic nitrogens is 4. The van der Waals surface area contributed by atoms with Gasteiger partial charge >= 0.3 is 0 Å². The Bertz CT molecular complexity index is 819. The van der Waals surface area contributed by atoms with E-state index in [0.29, 0.717) is 29.4 Å². The lowest BCUT2D eigenvalue weighted by molar-refractivity contribution is 0.341. The van der Waals surface area contributed by atoms with Crippen LogP contribution >= 0.6 is 0 Å². The van der Waals surface area contributed by atoms with Crippen molar-refractivity contribution in [2.75, 3.05) is 6.61 Å². The van der Waals surface area contributed by atoms with Crippen molar-refractivity contribution in [3.63, 3.8) is 0 Å². The summed E-state index contributed by atoms with van der Waals surface area (Å²) in [7, 11) is 0. The fraction of sp³-hybridized carbons (Fsp3) is 0.214. The second kappa shape index (κ2) is 4.80. The minimum atomic E-state index is -0.212. The number of fused-ring (bicyclic) bond motifs is 1. The standard InChI is InChI=1S/C14H14N4O2/c1-3-20-11-7-5-4-6-10(11)13-16-14(19)12-9(2)15-8-18(12)17-13/h4-8H,3H2,1-2H3,(H,16,17,19). The summed E-state index contributed by atoms with van der Waals surface area (Å²) in [4.78, 5) is 19.0. The predicted molar refractivity (Wildman–Crippen MR) is 74.9 cm³/mol. The van der Waals surface area contributed by atoms with Gasteiger partial charge in [-0.15, -0.1) is 5.10 Å². The highest BCUT2D eigenvalue weighted by Crippen LogP contribution is 2.26. The van der Waals surface area contributed by atoms with E-state index in [-0.39, 0.29) is 5.56 Å². The van der Waals surface area contributed by atoms with Crippen LogP contribution in [-0.4, -0.2) is 26.2 Å². The van der Waals surface area contributed by atoms with E-state index in [0.717, 1.165) is 5.56 Å². The van der Waals surface area contributed by atoms with E-state index in [9.17, 15) is 4.79 Å². The maximum atomic E-state index is 12.1. The van der Waals surface area contributed by atoms with E-state index < -0.39 is 0 Å². The maximum Gasteiger partial charge on any atom is 0.277 e. The molecule has 1 aromatic carbocycles. The van der Waals surface area contributed by atoms with Gasteiger partial charge in [0.05, 0.1) is 17.9 Å². The van der Waals surface area contributed by atoms with Crippen LogP contribution < -0.4 is 10.3 Å². The molecule has 3 rings (SSSR count). The zero-order chi connectivity index (χ0) is 14.1. The third kappa shape index (κ3) is 1.95. The van der Waals surface area contributed by atoms with Crippen LogP contribution in [0.25, 0.3) is 16.9 Å². The molecule has 2 heterocycles. The lowest BCUT2D eigenvalue weighted by atomic mass is 10.2. The Labute approximate surface area is 115 Å². The molecule has 0 unspecified atom stereocenters. The first-order valence-corrected chi connectivity index (χ1v) is 6.37. The Morgan fingerprint density at radius 1 is 1.35 bits per heavy atom. The lowest BCUT2D eigenvalue weighted by Gasteiger charge is -2.09. The molecule has 6 heteroatoms. The van der Waals surface area contributed by atoms with Crippen molar-refractivity contribution in [1.29, 1.82) is 0 Å². The number of H-pyrrole nitrogens is 1. The zero-order valence-electron chi connectivity index (χ0n) is 11.3. The van der Waals surface area contributed by atoms with Crippen LogP contribution in [0.2, 0.25) is 0 Å². The Morgan fingerprint density at radius 2 is 2.15 bits per heavy atom. The molecule has 0 aliphatic carbocycles. The normalized spacial score (nSPS) is 10.9. The molecule has 0 saturated carbocycles. The van der Waals surface area contributed by atoms with Gasteiger partial charge in [0.1, 0.15) is 12.1 Å². The molecule has 6 nitrogen and oxygen atoms in total. The van der Waals surface area contributed by atoms with Crippen molar-refractivity contribution in [2.45, 2.75) is 13.8 Å². The first-order valence-electron chi connectivity index (χ1n) is 6.37. The number of aryl methyl sites for hydroxylation is 1. The van der Waals surface area contributed by atoms with Crippen molar-refractivity contribution in [2.24, 2.45) is 0 Å². The predicted octanol–water partition coefficient (Wildman–Crippen LogP) is 1.79. The molecular weight excluding hydrogens is 256 g/mol. The van der Waals surface area contributed by atoms with Crippen molar-refractivity contribution in [3.05, 3.63) is 46.6 Å². The number of hydrogen-bond donors (Lipinski definition) is 1. The second-order valence-corrected chi connectivity index (χ2v) is 4.36. The summed E-state index contributed by atoms with van der Waals surface area (Å²) in [5, 5.41) is 4.39. The molecule has 2 aromatic heterocycles. The fourth-order valence-corrected chi connectivity index (χ4v) is 2.13. The highest BCUT2D eigenvalue weighted by atomic mass is 16.5. The van der Waals surface area contributed by atoms with Gasteiger partial charge in [0.25, 0.3) is 5.56 Å². The molecule has 20 heavy (non-hydrogen) atoms. The molecular formula is C14H14N4O2. The third-order valence-electron chi connectivity index (χ3n) is 3.03. The van der Waals surface area contributed by atoms with Crippen LogP contribution in [0, 0.1) is 6.92 Å². The van der Waals surface area contributed by atoms with Gasteiger partial charge < -0.3 is 9.72 Å². The van der Waals surface area contributed by atoms with E-state index >= 15 is 0 Å². The van der Waals surface area contributed by atoms with Crippen LogP contribution in [0.5, 0.6) is 5.75 Å². The van der Waals surface area contributed by atoms with Crippen LogP contribution in [0.15, 0.2) is 35.4 Å². The van der Waals surface area contributed by atoms with Gasteiger partial charge in [-0.2, -0.15) is 0 Å². The average Bonchev–Trinajstić information content (AvgIpc) is 2.82. The van der Waals surface area contributed by atoms with Crippen LogP contribution in [0.1, 0.15) is 12.6 Å². The van der Waals surface area contributed by atoms with Crippen molar-refractivity contribution in [3.8, 4) is 17.1 Å². The van der Waals surface area contributed by atoms with Gasteiger partial charge in [0.2, 0.25) is 0 Å². The number of benzene rings is 1. The zero-order valence-corrected chi connectivity index (χ0v) is 11.3. The molecule has 0 aliphatic rings. The summed E-state index contributed by atoms with van der Waals surface area (Å²) >= 11 is 0. The molecule has 0 amide bonds. The van der Waals surface area contributed by atoms with Crippen LogP contribution in [-0.2, 0) is 0 Å². The fourth-order valence-electron chi connectivity index (χ4n) is 2.13. The quantitative estimate of drug-likeness (QED) is 0.787. The summed E-state index contributed by atoms with van der Waals surface area (Å²) in [6.07, 6.45) is 1.53. The topological polar surface area (TPSA) is 72.3 Å². The van der Waals surface area contributed by atoms with Crippen LogP contribution in [0.3, 0.4) is 0 Å². The summed E-state index contributed by atoms with van der Waals surface area (Å²) in [5.74, 6) is 1.15. The van der Waals surface area contributed by atoms with E-state index in [1.165, 1.54) is 10.8 Å². The molecule has 3 aromatic rings. The van der Waals surface area contributed by atoms with Gasteiger partial charge in [-0.25, -0.2) is 9.50 Å². The minimum Gasteiger partial charge on any atom is -0.493 e. The first-order chi connectivity index (χ1) is 9.70. The summed E-state index contributed by atoms with van der Waals surface area (Å²) in [6.45, 7) is 4.24. The number of nitrogens with zero attached hydrogens (tertiary/aromatic N) is 3. The molecule has 0 bridgehead atoms. The first kappa shape index (κ1) is 12.4. The average molecular weight is 270 g/mol. The summed E-state index contributed by atoms with van der Waals surface area (Å²) < 4.78 is 7.05. The van der Waals surface area contributed by atoms with E-state index in [2.05, 4.69) is 15.1 Å². The minimum absolute atomic E-state index is 0.212. The van der Waals surface area contributed by atoms with E-state index in [1.807, 2.05) is 31.2 Å². The molecule has 0 spiro atoms. The molecule has 0 atom stereocenters. The highest BCUT2D eigenvalue weighted by molar-refractivity contribution is 5.64. The highest BCUT2D eigenvalue weighted by Gasteiger charge is 2.12. The molecule has 0 aliphatic heterocycles. The molecule has 0 fully saturated rings. The second-order valence-electron chi connectivity index (χ2n) is 4.36. The van der Waals surface area contributed by atoms with E-state index in [4.69, 9.17) is 4.74 Å². The van der Waals surface area contributed by atoms with Gasteiger partial charge in [-0.1, -0.05) is 12.1 Å². The number of rotatable bonds is 3. The molecule has 0 saturated heterocycles. The number of aromatic amines is 1. The summed E-state index contributed by atoms with van der Waals surface area (Å²) in [5.41, 5.74) is 1.65. The number of hydrogen-bond acceptors (Lipinski definition) is 4. The number of imidazole rings is 1. The molecule has 102 valence electrons. The Hall–Kier alpha value is -2.63.